The number of aromatic nitrogens is 2. The Morgan fingerprint density at radius 3 is 2.40 bits per heavy atom. The Bertz CT molecular complexity index is 788. The van der Waals surface area contributed by atoms with Gasteiger partial charge in [-0.1, -0.05) is 39.7 Å². The standard InChI is InChI=1S/C14H12BrClN2O2/c1-14(6-7-14)18-12(19)10(11(16)17-13(18)20)8-2-4-9(15)5-3-8/h2-5H,6-7H2,1H3,(H,17,20). The molecule has 0 atom stereocenters. The van der Waals surface area contributed by atoms with Gasteiger partial charge < -0.3 is 0 Å². The fourth-order valence-corrected chi connectivity index (χ4v) is 2.81. The van der Waals surface area contributed by atoms with E-state index in [9.17, 15) is 9.59 Å². The maximum absolute atomic E-state index is 12.6. The number of H-pyrrole nitrogens is 1. The van der Waals surface area contributed by atoms with Crippen LogP contribution in [0.5, 0.6) is 0 Å². The van der Waals surface area contributed by atoms with Crippen LogP contribution in [0.1, 0.15) is 19.8 Å². The van der Waals surface area contributed by atoms with Gasteiger partial charge in [0.05, 0.1) is 11.1 Å². The Morgan fingerprint density at radius 2 is 1.85 bits per heavy atom. The average Bonchev–Trinajstić information content (AvgIpc) is 3.09. The number of nitrogens with one attached hydrogen (secondary N) is 1. The third kappa shape index (κ3) is 2.15. The molecule has 0 saturated heterocycles. The highest BCUT2D eigenvalue weighted by molar-refractivity contribution is 9.10. The van der Waals surface area contributed by atoms with E-state index in [4.69, 9.17) is 11.6 Å². The predicted molar refractivity (Wildman–Crippen MR) is 82.4 cm³/mol. The summed E-state index contributed by atoms with van der Waals surface area (Å²) in [7, 11) is 0. The van der Waals surface area contributed by atoms with Crippen molar-refractivity contribution < 1.29 is 0 Å². The molecule has 20 heavy (non-hydrogen) atoms. The lowest BCUT2D eigenvalue weighted by Crippen LogP contribution is -2.41. The lowest BCUT2D eigenvalue weighted by atomic mass is 10.1. The van der Waals surface area contributed by atoms with Crippen molar-refractivity contribution >= 4 is 27.5 Å². The fourth-order valence-electron chi connectivity index (χ4n) is 2.27. The molecule has 0 bridgehead atoms. The molecule has 6 heteroatoms. The van der Waals surface area contributed by atoms with E-state index in [1.807, 2.05) is 19.1 Å². The van der Waals surface area contributed by atoms with Gasteiger partial charge in [0.1, 0.15) is 5.15 Å². The molecule has 1 aromatic heterocycles. The highest BCUT2D eigenvalue weighted by Gasteiger charge is 2.42. The largest absolute Gasteiger partial charge is 0.330 e. The molecule has 1 N–H and O–H groups in total. The van der Waals surface area contributed by atoms with Crippen LogP contribution in [0, 0.1) is 0 Å². The van der Waals surface area contributed by atoms with Gasteiger partial charge in [-0.3, -0.25) is 14.3 Å². The molecule has 1 aliphatic rings. The average molecular weight is 356 g/mol. The van der Waals surface area contributed by atoms with E-state index in [1.165, 1.54) is 4.57 Å². The normalized spacial score (nSPS) is 16.1. The summed E-state index contributed by atoms with van der Waals surface area (Å²) in [5, 5.41) is 0.0859. The van der Waals surface area contributed by atoms with E-state index in [1.54, 1.807) is 12.1 Å². The number of hydrogen-bond donors (Lipinski definition) is 1. The fraction of sp³-hybridized carbons (Fsp3) is 0.286. The second-order valence-electron chi connectivity index (χ2n) is 5.26. The first-order valence-corrected chi connectivity index (χ1v) is 7.41. The molecule has 0 spiro atoms. The van der Waals surface area contributed by atoms with Gasteiger partial charge in [0, 0.05) is 4.47 Å². The van der Waals surface area contributed by atoms with E-state index >= 15 is 0 Å². The zero-order valence-electron chi connectivity index (χ0n) is 10.7. The molecule has 1 heterocycles. The molecule has 0 amide bonds. The highest BCUT2D eigenvalue weighted by atomic mass is 79.9. The molecule has 0 aliphatic heterocycles. The van der Waals surface area contributed by atoms with Crippen LogP contribution in [0.4, 0.5) is 0 Å². The first-order chi connectivity index (χ1) is 9.42. The summed E-state index contributed by atoms with van der Waals surface area (Å²) in [6, 6.07) is 7.26. The van der Waals surface area contributed by atoms with Crippen LogP contribution in [0.3, 0.4) is 0 Å². The Balaban J connectivity index is 2.29. The molecule has 4 nitrogen and oxygen atoms in total. The van der Waals surface area contributed by atoms with Crippen LogP contribution < -0.4 is 11.2 Å². The molecule has 2 aromatic rings. The van der Waals surface area contributed by atoms with Crippen LogP contribution in [0.15, 0.2) is 38.3 Å². The maximum atomic E-state index is 12.6. The van der Waals surface area contributed by atoms with Gasteiger partial charge in [-0.25, -0.2) is 4.79 Å². The Kier molecular flexibility index (Phi) is 3.14. The SMILES string of the molecule is CC1(n2c(=O)[nH]c(Cl)c(-c3ccc(Br)cc3)c2=O)CC1. The Labute approximate surface area is 128 Å². The van der Waals surface area contributed by atoms with Crippen molar-refractivity contribution in [2.24, 2.45) is 0 Å². The van der Waals surface area contributed by atoms with Gasteiger partial charge in [-0.05, 0) is 37.5 Å². The van der Waals surface area contributed by atoms with Crippen LogP contribution in [0.2, 0.25) is 5.15 Å². The second kappa shape index (κ2) is 4.60. The van der Waals surface area contributed by atoms with Crippen molar-refractivity contribution in [1.29, 1.82) is 0 Å². The molecular weight excluding hydrogens is 344 g/mol. The van der Waals surface area contributed by atoms with E-state index in [0.29, 0.717) is 11.1 Å². The second-order valence-corrected chi connectivity index (χ2v) is 6.56. The molecule has 104 valence electrons. The Morgan fingerprint density at radius 1 is 1.25 bits per heavy atom. The topological polar surface area (TPSA) is 54.9 Å². The summed E-state index contributed by atoms with van der Waals surface area (Å²) in [6.07, 6.45) is 1.66. The van der Waals surface area contributed by atoms with E-state index in [-0.39, 0.29) is 16.3 Å². The summed E-state index contributed by atoms with van der Waals surface area (Å²) in [5.74, 6) is 0. The number of benzene rings is 1. The van der Waals surface area contributed by atoms with E-state index < -0.39 is 5.69 Å². The zero-order valence-corrected chi connectivity index (χ0v) is 13.1. The van der Waals surface area contributed by atoms with Crippen molar-refractivity contribution in [3.63, 3.8) is 0 Å². The summed E-state index contributed by atoms with van der Waals surface area (Å²) < 4.78 is 2.20. The third-order valence-corrected chi connectivity index (χ3v) is 4.51. The molecule has 1 aliphatic carbocycles. The molecule has 0 unspecified atom stereocenters. The van der Waals surface area contributed by atoms with Crippen LogP contribution in [0.25, 0.3) is 11.1 Å². The highest BCUT2D eigenvalue weighted by Crippen LogP contribution is 2.41. The van der Waals surface area contributed by atoms with Gasteiger partial charge in [0.2, 0.25) is 0 Å². The third-order valence-electron chi connectivity index (χ3n) is 3.70. The predicted octanol–water partition coefficient (Wildman–Crippen LogP) is 3.13. The molecule has 3 rings (SSSR count). The maximum Gasteiger partial charge on any atom is 0.330 e. The Hall–Kier alpha value is -1.33. The van der Waals surface area contributed by atoms with Crippen LogP contribution in [-0.4, -0.2) is 9.55 Å². The van der Waals surface area contributed by atoms with Crippen molar-refractivity contribution in [2.75, 3.05) is 0 Å². The molecule has 1 fully saturated rings. The number of aromatic amines is 1. The molecule has 0 radical (unpaired) electrons. The lowest BCUT2D eigenvalue weighted by molar-refractivity contribution is 0.487. The number of halogens is 2. The van der Waals surface area contributed by atoms with Gasteiger partial charge >= 0.3 is 5.69 Å². The van der Waals surface area contributed by atoms with Gasteiger partial charge in [-0.2, -0.15) is 0 Å². The van der Waals surface area contributed by atoms with Crippen molar-refractivity contribution in [2.45, 2.75) is 25.3 Å². The lowest BCUT2D eigenvalue weighted by Gasteiger charge is -2.14. The summed E-state index contributed by atoms with van der Waals surface area (Å²) in [5.41, 5.74) is -0.120. The number of hydrogen-bond acceptors (Lipinski definition) is 2. The minimum Gasteiger partial charge on any atom is -0.297 e. The minimum atomic E-state index is -0.444. The summed E-state index contributed by atoms with van der Waals surface area (Å²) in [4.78, 5) is 27.2. The number of rotatable bonds is 2. The summed E-state index contributed by atoms with van der Waals surface area (Å²) >= 11 is 9.42. The minimum absolute atomic E-state index is 0.0859. The van der Waals surface area contributed by atoms with Crippen molar-refractivity contribution in [3.8, 4) is 11.1 Å². The zero-order chi connectivity index (χ0) is 14.5. The summed E-state index contributed by atoms with van der Waals surface area (Å²) in [6.45, 7) is 1.91. The quantitative estimate of drug-likeness (QED) is 0.842. The van der Waals surface area contributed by atoms with E-state index in [2.05, 4.69) is 20.9 Å². The van der Waals surface area contributed by atoms with Crippen LogP contribution in [-0.2, 0) is 5.54 Å². The van der Waals surface area contributed by atoms with Gasteiger partial charge in [-0.15, -0.1) is 0 Å². The first-order valence-electron chi connectivity index (χ1n) is 6.24. The van der Waals surface area contributed by atoms with Gasteiger partial charge in [0.25, 0.3) is 5.56 Å². The monoisotopic (exact) mass is 354 g/mol. The molecule has 1 aromatic carbocycles. The molecule has 1 saturated carbocycles. The number of nitrogens with zero attached hydrogens (tertiary/aromatic N) is 1. The van der Waals surface area contributed by atoms with Gasteiger partial charge in [0.15, 0.2) is 0 Å². The smallest absolute Gasteiger partial charge is 0.297 e. The molecular formula is C14H12BrClN2O2. The van der Waals surface area contributed by atoms with Crippen molar-refractivity contribution in [1.82, 2.24) is 9.55 Å². The van der Waals surface area contributed by atoms with Crippen molar-refractivity contribution in [3.05, 3.63) is 54.7 Å². The first kappa shape index (κ1) is 13.6. The van der Waals surface area contributed by atoms with E-state index in [0.717, 1.165) is 17.3 Å². The van der Waals surface area contributed by atoms with Crippen LogP contribution >= 0.6 is 27.5 Å².